The lowest BCUT2D eigenvalue weighted by molar-refractivity contribution is -0.112. The fraction of sp³-hybridized carbons (Fsp3) is 0.360. The molecule has 4 rings (SSSR count). The van der Waals surface area contributed by atoms with Gasteiger partial charge in [-0.05, 0) is 49.7 Å². The van der Waals surface area contributed by atoms with Crippen molar-refractivity contribution in [1.29, 1.82) is 0 Å². The van der Waals surface area contributed by atoms with Crippen molar-refractivity contribution < 1.29 is 22.7 Å². The number of halogens is 4. The van der Waals surface area contributed by atoms with Crippen LogP contribution in [0.25, 0.3) is 10.9 Å². The zero-order chi connectivity index (χ0) is 26.3. The molecule has 2 aromatic heterocycles. The van der Waals surface area contributed by atoms with Crippen LogP contribution in [0.1, 0.15) is 19.3 Å². The topological polar surface area (TPSA) is 92.3 Å². The van der Waals surface area contributed by atoms with Crippen LogP contribution in [0.4, 0.5) is 30.5 Å². The van der Waals surface area contributed by atoms with Crippen molar-refractivity contribution in [2.75, 3.05) is 43.5 Å². The number of carbonyl (C=O) groups excluding carboxylic acids is 1. The largest absolute Gasteiger partial charge is 0.379 e. The molecule has 0 spiro atoms. The molecule has 1 aliphatic rings. The second-order valence-electron chi connectivity index (χ2n) is 8.56. The fourth-order valence-electron chi connectivity index (χ4n) is 3.81. The lowest BCUT2D eigenvalue weighted by Gasteiger charge is -2.26. The van der Waals surface area contributed by atoms with E-state index in [0.717, 1.165) is 25.7 Å². The average molecular weight is 535 g/mol. The van der Waals surface area contributed by atoms with Gasteiger partial charge in [0, 0.05) is 36.7 Å². The number of amides is 1. The number of aromatic nitrogens is 3. The monoisotopic (exact) mass is 534 g/mol. The summed E-state index contributed by atoms with van der Waals surface area (Å²) in [6.07, 6.45) is 4.83. The Balaban J connectivity index is 1.34. The van der Waals surface area contributed by atoms with E-state index in [4.69, 9.17) is 16.3 Å². The fourth-order valence-corrected chi connectivity index (χ4v) is 3.99. The summed E-state index contributed by atoms with van der Waals surface area (Å²) in [5, 5.41) is 5.95. The van der Waals surface area contributed by atoms with E-state index in [9.17, 15) is 18.0 Å². The molecule has 3 heterocycles. The van der Waals surface area contributed by atoms with Crippen LogP contribution in [0.2, 0.25) is 5.02 Å². The molecule has 2 N–H and O–H groups in total. The van der Waals surface area contributed by atoms with E-state index in [1.807, 2.05) is 0 Å². The minimum Gasteiger partial charge on any atom is -0.379 e. The second-order valence-corrected chi connectivity index (χ2v) is 8.96. The Bertz CT molecular complexity index is 1270. The van der Waals surface area contributed by atoms with Crippen molar-refractivity contribution in [3.8, 4) is 0 Å². The van der Waals surface area contributed by atoms with Gasteiger partial charge in [0.1, 0.15) is 23.8 Å². The van der Waals surface area contributed by atoms with Gasteiger partial charge in [0.25, 0.3) is 5.92 Å². The number of hydrogen-bond donors (Lipinski definition) is 2. The summed E-state index contributed by atoms with van der Waals surface area (Å²) < 4.78 is 47.2. The quantitative estimate of drug-likeness (QED) is 0.273. The maximum absolute atomic E-state index is 14.2. The van der Waals surface area contributed by atoms with Crippen LogP contribution in [0.5, 0.6) is 0 Å². The van der Waals surface area contributed by atoms with Crippen molar-refractivity contribution in [1.82, 2.24) is 19.9 Å². The van der Waals surface area contributed by atoms with Gasteiger partial charge in [0.15, 0.2) is 0 Å². The van der Waals surface area contributed by atoms with Crippen LogP contribution >= 0.6 is 11.6 Å². The molecule has 196 valence electrons. The van der Waals surface area contributed by atoms with E-state index >= 15 is 0 Å². The van der Waals surface area contributed by atoms with Gasteiger partial charge in [-0.2, -0.15) is 0 Å². The van der Waals surface area contributed by atoms with Crippen LogP contribution in [0, 0.1) is 5.82 Å². The Morgan fingerprint density at radius 3 is 2.76 bits per heavy atom. The maximum Gasteiger partial charge on any atom is 0.266 e. The highest BCUT2D eigenvalue weighted by Crippen LogP contribution is 2.27. The van der Waals surface area contributed by atoms with E-state index in [1.54, 1.807) is 0 Å². The molecule has 1 aliphatic heterocycles. The van der Waals surface area contributed by atoms with E-state index in [-0.39, 0.29) is 17.3 Å². The van der Waals surface area contributed by atoms with Gasteiger partial charge in [0.2, 0.25) is 5.91 Å². The third-order valence-electron chi connectivity index (χ3n) is 5.77. The molecule has 12 heteroatoms. The number of alkyl halides is 2. The number of unbranched alkanes of at least 4 members (excludes halogenated alkanes) is 1. The number of rotatable bonds is 10. The molecule has 1 aromatic carbocycles. The number of nitrogens with one attached hydrogen (secondary N) is 2. The summed E-state index contributed by atoms with van der Waals surface area (Å²) in [5.41, 5.74) is 0.965. The second kappa shape index (κ2) is 12.3. The van der Waals surface area contributed by atoms with E-state index < -0.39 is 17.6 Å². The molecule has 1 saturated heterocycles. The number of ether oxygens (including phenoxy) is 1. The van der Waals surface area contributed by atoms with Crippen LogP contribution in [-0.2, 0) is 9.53 Å². The van der Waals surface area contributed by atoms with Crippen LogP contribution in [0.3, 0.4) is 0 Å². The highest BCUT2D eigenvalue weighted by atomic mass is 35.5. The summed E-state index contributed by atoms with van der Waals surface area (Å²) in [4.78, 5) is 26.9. The summed E-state index contributed by atoms with van der Waals surface area (Å²) >= 11 is 5.84. The van der Waals surface area contributed by atoms with Crippen molar-refractivity contribution in [2.45, 2.75) is 25.2 Å². The first-order valence-electron chi connectivity index (χ1n) is 11.8. The van der Waals surface area contributed by atoms with Crippen molar-refractivity contribution in [3.05, 3.63) is 59.8 Å². The number of benzene rings is 1. The summed E-state index contributed by atoms with van der Waals surface area (Å²) in [6.45, 7) is 3.75. The van der Waals surface area contributed by atoms with Gasteiger partial charge in [-0.1, -0.05) is 11.6 Å². The molecule has 8 nitrogen and oxygen atoms in total. The summed E-state index contributed by atoms with van der Waals surface area (Å²) in [5.74, 6) is -3.90. The first-order chi connectivity index (χ1) is 17.8. The predicted octanol–water partition coefficient (Wildman–Crippen LogP) is 5.19. The third kappa shape index (κ3) is 7.85. The molecular weight excluding hydrogens is 509 g/mol. The Hall–Kier alpha value is -3.28. The first kappa shape index (κ1) is 26.8. The minimum absolute atomic E-state index is 0.0568. The van der Waals surface area contributed by atoms with E-state index in [1.165, 1.54) is 36.8 Å². The lowest BCUT2D eigenvalue weighted by Crippen LogP contribution is -2.36. The molecule has 1 fully saturated rings. The molecule has 0 unspecified atom stereocenters. The normalized spacial score (nSPS) is 14.8. The number of anilines is 3. The zero-order valence-electron chi connectivity index (χ0n) is 19.9. The van der Waals surface area contributed by atoms with Crippen LogP contribution < -0.4 is 10.6 Å². The van der Waals surface area contributed by atoms with Gasteiger partial charge in [-0.3, -0.25) is 9.69 Å². The molecule has 0 bridgehead atoms. The van der Waals surface area contributed by atoms with Crippen molar-refractivity contribution >= 4 is 45.7 Å². The lowest BCUT2D eigenvalue weighted by atomic mass is 10.1. The minimum atomic E-state index is -3.10. The highest BCUT2D eigenvalue weighted by molar-refractivity contribution is 6.31. The smallest absolute Gasteiger partial charge is 0.266 e. The Morgan fingerprint density at radius 1 is 1.16 bits per heavy atom. The predicted molar refractivity (Wildman–Crippen MR) is 136 cm³/mol. The van der Waals surface area contributed by atoms with E-state index in [2.05, 4.69) is 30.5 Å². The van der Waals surface area contributed by atoms with E-state index in [0.29, 0.717) is 54.5 Å². The zero-order valence-corrected chi connectivity index (χ0v) is 20.6. The van der Waals surface area contributed by atoms with Gasteiger partial charge in [-0.15, -0.1) is 0 Å². The number of carbonyl (C=O) groups is 1. The average Bonchev–Trinajstić information content (AvgIpc) is 2.89. The number of nitrogens with zero attached hydrogens (tertiary/aromatic N) is 4. The SMILES string of the molecule is O=C(/C=C/C(F)(F)CCCCN1CCOCC1)Nc1cc2c(Nc3ccc(F)c(Cl)c3)ncnc2cn1. The third-order valence-corrected chi connectivity index (χ3v) is 6.06. The molecule has 3 aromatic rings. The van der Waals surface area contributed by atoms with Crippen LogP contribution in [-0.4, -0.2) is 64.5 Å². The number of pyridine rings is 1. The van der Waals surface area contributed by atoms with Crippen molar-refractivity contribution in [3.63, 3.8) is 0 Å². The Labute approximate surface area is 216 Å². The Kier molecular flexibility index (Phi) is 8.91. The highest BCUT2D eigenvalue weighted by Gasteiger charge is 2.25. The first-order valence-corrected chi connectivity index (χ1v) is 12.2. The van der Waals surface area contributed by atoms with Gasteiger partial charge in [-0.25, -0.2) is 28.1 Å². The number of allylic oxidation sites excluding steroid dienone is 1. The number of fused-ring (bicyclic) bond motifs is 1. The summed E-state index contributed by atoms with van der Waals surface area (Å²) in [7, 11) is 0. The number of morpholine rings is 1. The van der Waals surface area contributed by atoms with Crippen molar-refractivity contribution in [2.24, 2.45) is 0 Å². The van der Waals surface area contributed by atoms with Gasteiger partial charge >= 0.3 is 0 Å². The van der Waals surface area contributed by atoms with Gasteiger partial charge < -0.3 is 15.4 Å². The Morgan fingerprint density at radius 2 is 1.97 bits per heavy atom. The molecule has 0 atom stereocenters. The molecule has 37 heavy (non-hydrogen) atoms. The molecule has 0 saturated carbocycles. The summed E-state index contributed by atoms with van der Waals surface area (Å²) in [6, 6.07) is 5.63. The molecule has 0 radical (unpaired) electrons. The standard InChI is InChI=1S/C25H26ClF3N6O2/c26-19-13-17(3-4-20(19)27)33-24-18-14-22(30-15-21(18)31-16-32-24)34-23(36)5-7-25(28,29)6-1-2-8-35-9-11-37-12-10-35/h3-5,7,13-16H,1-2,6,8-12H2,(H,30,34,36)(H,31,32,33)/b7-5+. The molecule has 0 aliphatic carbocycles. The molecular formula is C25H26ClF3N6O2. The molecule has 1 amide bonds. The maximum atomic E-state index is 14.2. The van der Waals surface area contributed by atoms with Gasteiger partial charge in [0.05, 0.1) is 29.9 Å². The van der Waals surface area contributed by atoms with Crippen LogP contribution in [0.15, 0.2) is 48.9 Å². The number of hydrogen-bond acceptors (Lipinski definition) is 7.